The zero-order valence-electron chi connectivity index (χ0n) is 17.0. The zero-order valence-corrected chi connectivity index (χ0v) is 17.8. The third-order valence-electron chi connectivity index (χ3n) is 4.87. The summed E-state index contributed by atoms with van der Waals surface area (Å²) in [5.74, 6) is -0.297. The first-order valence-corrected chi connectivity index (χ1v) is 11.2. The van der Waals surface area contributed by atoms with Crippen LogP contribution in [0.5, 0.6) is 5.75 Å². The van der Waals surface area contributed by atoms with E-state index in [0.29, 0.717) is 24.3 Å². The summed E-state index contributed by atoms with van der Waals surface area (Å²) >= 11 is 0. The Morgan fingerprint density at radius 2 is 1.90 bits per heavy atom. The van der Waals surface area contributed by atoms with E-state index in [2.05, 4.69) is 5.32 Å². The Balaban J connectivity index is 1.79. The van der Waals surface area contributed by atoms with Gasteiger partial charge in [0.2, 0.25) is 15.9 Å². The fourth-order valence-corrected chi connectivity index (χ4v) is 5.00. The number of nitro groups is 1. The van der Waals surface area contributed by atoms with Gasteiger partial charge >= 0.3 is 0 Å². The largest absolute Gasteiger partial charge is 0.495 e. The highest BCUT2D eigenvalue weighted by atomic mass is 32.2. The van der Waals surface area contributed by atoms with Crippen LogP contribution in [0.25, 0.3) is 6.08 Å². The van der Waals surface area contributed by atoms with Crippen LogP contribution in [0.3, 0.4) is 0 Å². The number of methoxy groups -OCH3 is 1. The van der Waals surface area contributed by atoms with E-state index in [9.17, 15) is 23.3 Å². The van der Waals surface area contributed by atoms with Crippen molar-refractivity contribution >= 4 is 33.4 Å². The number of sulfonamides is 1. The SMILES string of the molecule is COc1ccc(NC(=O)C=Cc2cccc([N+](=O)[O-])c2)cc1S(=O)(=O)N1CCCCC1. The lowest BCUT2D eigenvalue weighted by atomic mass is 10.2. The summed E-state index contributed by atoms with van der Waals surface area (Å²) < 4.78 is 32.8. The lowest BCUT2D eigenvalue weighted by Gasteiger charge is -2.26. The molecular formula is C21H23N3O6S. The number of carbonyl (C=O) groups excluding carboxylic acids is 1. The van der Waals surface area contributed by atoms with Crippen molar-refractivity contribution in [3.8, 4) is 5.75 Å². The number of ether oxygens (including phenoxy) is 1. The van der Waals surface area contributed by atoms with Crippen LogP contribution in [0.15, 0.2) is 53.4 Å². The number of nitro benzene ring substituents is 1. The van der Waals surface area contributed by atoms with E-state index in [4.69, 9.17) is 4.74 Å². The van der Waals surface area contributed by atoms with Gasteiger partial charge in [0.15, 0.2) is 0 Å². The number of hydrogen-bond acceptors (Lipinski definition) is 6. The summed E-state index contributed by atoms with van der Waals surface area (Å²) in [7, 11) is -2.36. The first kappa shape index (κ1) is 22.4. The smallest absolute Gasteiger partial charge is 0.270 e. The second kappa shape index (κ2) is 9.71. The van der Waals surface area contributed by atoms with Crippen molar-refractivity contribution in [2.75, 3.05) is 25.5 Å². The molecule has 2 aromatic carbocycles. The highest BCUT2D eigenvalue weighted by Crippen LogP contribution is 2.31. The van der Waals surface area contributed by atoms with Crippen molar-refractivity contribution in [3.05, 3.63) is 64.2 Å². The van der Waals surface area contributed by atoms with Crippen molar-refractivity contribution in [1.82, 2.24) is 4.31 Å². The molecule has 0 saturated carbocycles. The van der Waals surface area contributed by atoms with Crippen molar-refractivity contribution < 1.29 is 22.9 Å². The van der Waals surface area contributed by atoms with Crippen molar-refractivity contribution in [2.45, 2.75) is 24.2 Å². The average molecular weight is 445 g/mol. The number of piperidine rings is 1. The Morgan fingerprint density at radius 1 is 1.16 bits per heavy atom. The fourth-order valence-electron chi connectivity index (χ4n) is 3.30. The average Bonchev–Trinajstić information content (AvgIpc) is 2.78. The van der Waals surface area contributed by atoms with Crippen molar-refractivity contribution in [3.63, 3.8) is 0 Å². The molecule has 1 aliphatic rings. The minimum absolute atomic E-state index is 0.00244. The van der Waals surface area contributed by atoms with E-state index >= 15 is 0 Å². The first-order valence-electron chi connectivity index (χ1n) is 9.73. The van der Waals surface area contributed by atoms with E-state index < -0.39 is 20.9 Å². The first-order chi connectivity index (χ1) is 14.8. The topological polar surface area (TPSA) is 119 Å². The van der Waals surface area contributed by atoms with Gasteiger partial charge in [-0.2, -0.15) is 4.31 Å². The number of rotatable bonds is 7. The summed E-state index contributed by atoms with van der Waals surface area (Å²) in [4.78, 5) is 22.6. The monoisotopic (exact) mass is 445 g/mol. The third kappa shape index (κ3) is 5.47. The Morgan fingerprint density at radius 3 is 2.58 bits per heavy atom. The molecule has 0 spiro atoms. The third-order valence-corrected chi connectivity index (χ3v) is 6.79. The number of carbonyl (C=O) groups is 1. The molecule has 10 heteroatoms. The van der Waals surface area contributed by atoms with Gasteiger partial charge in [-0.15, -0.1) is 0 Å². The van der Waals surface area contributed by atoms with Gasteiger partial charge in [-0.3, -0.25) is 14.9 Å². The number of benzene rings is 2. The van der Waals surface area contributed by atoms with Crippen LogP contribution in [0.2, 0.25) is 0 Å². The Labute approximate surface area is 180 Å². The van der Waals surface area contributed by atoms with Crippen LogP contribution in [-0.4, -0.2) is 43.8 Å². The minimum atomic E-state index is -3.76. The number of nitrogens with one attached hydrogen (secondary N) is 1. The number of amides is 1. The van der Waals surface area contributed by atoms with Gasteiger partial charge in [-0.05, 0) is 42.7 Å². The molecule has 0 atom stereocenters. The quantitative estimate of drug-likeness (QED) is 0.396. The maximum atomic E-state index is 13.1. The predicted molar refractivity (Wildman–Crippen MR) is 116 cm³/mol. The van der Waals surface area contributed by atoms with Crippen LogP contribution in [0.4, 0.5) is 11.4 Å². The van der Waals surface area contributed by atoms with Gasteiger partial charge < -0.3 is 10.1 Å². The molecule has 3 rings (SSSR count). The molecule has 0 radical (unpaired) electrons. The molecule has 1 fully saturated rings. The van der Waals surface area contributed by atoms with E-state index in [1.807, 2.05) is 0 Å². The normalized spacial score (nSPS) is 15.0. The second-order valence-corrected chi connectivity index (χ2v) is 8.91. The molecular weight excluding hydrogens is 422 g/mol. The number of nitrogens with zero attached hydrogens (tertiary/aromatic N) is 2. The fraction of sp³-hybridized carbons (Fsp3) is 0.286. The van der Waals surface area contributed by atoms with Crippen LogP contribution < -0.4 is 10.1 Å². The molecule has 1 saturated heterocycles. The van der Waals surface area contributed by atoms with Crippen LogP contribution in [0.1, 0.15) is 24.8 Å². The molecule has 0 aliphatic carbocycles. The van der Waals surface area contributed by atoms with Gasteiger partial charge in [0.05, 0.1) is 12.0 Å². The minimum Gasteiger partial charge on any atom is -0.495 e. The van der Waals surface area contributed by atoms with Crippen LogP contribution >= 0.6 is 0 Å². The molecule has 2 aromatic rings. The Bertz CT molecular complexity index is 1110. The standard InChI is InChI=1S/C21H23N3O6S/c1-30-19-10-9-17(15-20(19)31(28,29)23-12-3-2-4-13-23)22-21(25)11-8-16-6-5-7-18(14-16)24(26)27/h5-11,14-15H,2-4,12-13H2,1H3,(H,22,25). The molecule has 1 aliphatic heterocycles. The van der Waals surface area contributed by atoms with Gasteiger partial charge in [0.25, 0.3) is 5.69 Å². The van der Waals surface area contributed by atoms with Crippen LogP contribution in [0, 0.1) is 10.1 Å². The highest BCUT2D eigenvalue weighted by Gasteiger charge is 2.29. The molecule has 164 valence electrons. The maximum absolute atomic E-state index is 13.1. The molecule has 0 bridgehead atoms. The molecule has 1 amide bonds. The predicted octanol–water partition coefficient (Wildman–Crippen LogP) is 3.43. The van der Waals surface area contributed by atoms with Gasteiger partial charge in [0, 0.05) is 37.0 Å². The molecule has 0 unspecified atom stereocenters. The molecule has 9 nitrogen and oxygen atoms in total. The number of non-ortho nitro benzene ring substituents is 1. The lowest BCUT2D eigenvalue weighted by Crippen LogP contribution is -2.35. The summed E-state index contributed by atoms with van der Waals surface area (Å²) in [6.45, 7) is 0.905. The molecule has 1 N–H and O–H groups in total. The Hall–Kier alpha value is -3.24. The van der Waals surface area contributed by atoms with Crippen molar-refractivity contribution in [2.24, 2.45) is 0 Å². The lowest BCUT2D eigenvalue weighted by molar-refractivity contribution is -0.384. The molecule has 1 heterocycles. The van der Waals surface area contributed by atoms with Gasteiger partial charge in [-0.25, -0.2) is 8.42 Å². The van der Waals surface area contributed by atoms with Crippen LogP contribution in [-0.2, 0) is 14.8 Å². The van der Waals surface area contributed by atoms with Crippen molar-refractivity contribution in [1.29, 1.82) is 0 Å². The second-order valence-electron chi connectivity index (χ2n) is 7.01. The summed E-state index contributed by atoms with van der Waals surface area (Å²) in [5.41, 5.74) is 0.711. The number of hydrogen-bond donors (Lipinski definition) is 1. The summed E-state index contributed by atoms with van der Waals surface area (Å²) in [5, 5.41) is 13.5. The summed E-state index contributed by atoms with van der Waals surface area (Å²) in [6, 6.07) is 10.3. The van der Waals surface area contributed by atoms with Gasteiger partial charge in [-0.1, -0.05) is 18.6 Å². The number of anilines is 1. The maximum Gasteiger partial charge on any atom is 0.270 e. The highest BCUT2D eigenvalue weighted by molar-refractivity contribution is 7.89. The van der Waals surface area contributed by atoms with E-state index in [1.165, 1.54) is 53.9 Å². The summed E-state index contributed by atoms with van der Waals surface area (Å²) in [6.07, 6.45) is 5.27. The molecule has 0 aromatic heterocycles. The zero-order chi connectivity index (χ0) is 22.4. The molecule has 31 heavy (non-hydrogen) atoms. The Kier molecular flexibility index (Phi) is 7.03. The van der Waals surface area contributed by atoms with E-state index in [1.54, 1.807) is 12.1 Å². The van der Waals surface area contributed by atoms with E-state index in [-0.39, 0.29) is 16.3 Å². The van der Waals surface area contributed by atoms with Gasteiger partial charge in [0.1, 0.15) is 10.6 Å². The van der Waals surface area contributed by atoms with E-state index in [0.717, 1.165) is 19.3 Å².